The summed E-state index contributed by atoms with van der Waals surface area (Å²) in [5.74, 6) is -0.769. The van der Waals surface area contributed by atoms with E-state index in [9.17, 15) is 13.2 Å². The molecule has 17 heavy (non-hydrogen) atoms. The van der Waals surface area contributed by atoms with Crippen LogP contribution in [-0.2, 0) is 10.9 Å². The number of nitrogen functional groups attached to an aromatic ring is 1. The number of hydrogen-bond acceptors (Lipinski definition) is 5. The first-order valence-electron chi connectivity index (χ1n) is 4.77. The Balaban J connectivity index is 2.69. The van der Waals surface area contributed by atoms with Crippen LogP contribution in [-0.4, -0.2) is 29.4 Å². The predicted molar refractivity (Wildman–Crippen MR) is 58.7 cm³/mol. The van der Waals surface area contributed by atoms with E-state index in [1.165, 1.54) is 17.8 Å². The molecule has 1 heterocycles. The Morgan fingerprint density at radius 1 is 1.41 bits per heavy atom. The average molecular weight is 267 g/mol. The van der Waals surface area contributed by atoms with Gasteiger partial charge in [0.05, 0.1) is 0 Å². The minimum Gasteiger partial charge on any atom is -0.385 e. The van der Waals surface area contributed by atoms with Crippen LogP contribution in [0, 0.1) is 0 Å². The summed E-state index contributed by atoms with van der Waals surface area (Å²) in [5, 5.41) is 0.223. The van der Waals surface area contributed by atoms with Gasteiger partial charge in [0.25, 0.3) is 0 Å². The second kappa shape index (κ2) is 6.06. The molecular weight excluding hydrogens is 255 g/mol. The molecule has 0 bridgehead atoms. The minimum absolute atomic E-state index is 0.179. The number of ether oxygens (including phenoxy) is 1. The van der Waals surface area contributed by atoms with E-state index in [0.717, 1.165) is 6.42 Å². The van der Waals surface area contributed by atoms with Crippen molar-refractivity contribution in [3.63, 3.8) is 0 Å². The van der Waals surface area contributed by atoms with E-state index in [0.29, 0.717) is 12.4 Å². The Labute approximate surface area is 101 Å². The second-order valence-electron chi connectivity index (χ2n) is 3.15. The third-order valence-electron chi connectivity index (χ3n) is 1.72. The zero-order valence-corrected chi connectivity index (χ0v) is 9.94. The number of methoxy groups -OCH3 is 1. The van der Waals surface area contributed by atoms with E-state index in [1.807, 2.05) is 0 Å². The summed E-state index contributed by atoms with van der Waals surface area (Å²) >= 11 is 1.19. The molecule has 8 heteroatoms. The van der Waals surface area contributed by atoms with Crippen LogP contribution < -0.4 is 5.73 Å². The van der Waals surface area contributed by atoms with Crippen molar-refractivity contribution in [3.05, 3.63) is 11.9 Å². The van der Waals surface area contributed by atoms with Crippen molar-refractivity contribution in [1.82, 2.24) is 9.97 Å². The SMILES string of the molecule is COCCCSc1cc(N)nc(C(F)(F)F)n1. The summed E-state index contributed by atoms with van der Waals surface area (Å²) in [7, 11) is 1.56. The fourth-order valence-electron chi connectivity index (χ4n) is 1.02. The number of halogens is 3. The maximum absolute atomic E-state index is 12.4. The van der Waals surface area contributed by atoms with E-state index in [4.69, 9.17) is 10.5 Å². The molecule has 0 saturated heterocycles. The van der Waals surface area contributed by atoms with E-state index < -0.39 is 12.0 Å². The molecule has 0 radical (unpaired) electrons. The monoisotopic (exact) mass is 267 g/mol. The Morgan fingerprint density at radius 3 is 2.71 bits per heavy atom. The van der Waals surface area contributed by atoms with Crippen molar-refractivity contribution in [1.29, 1.82) is 0 Å². The van der Waals surface area contributed by atoms with Crippen LogP contribution in [0.1, 0.15) is 12.2 Å². The molecule has 2 N–H and O–H groups in total. The number of aromatic nitrogens is 2. The van der Waals surface area contributed by atoms with Crippen LogP contribution >= 0.6 is 11.8 Å². The van der Waals surface area contributed by atoms with E-state index in [2.05, 4.69) is 9.97 Å². The fourth-order valence-corrected chi connectivity index (χ4v) is 1.85. The summed E-state index contributed by atoms with van der Waals surface area (Å²) in [6.07, 6.45) is -3.84. The van der Waals surface area contributed by atoms with Crippen LogP contribution in [0.5, 0.6) is 0 Å². The number of nitrogens with zero attached hydrogens (tertiary/aromatic N) is 2. The molecule has 0 aliphatic carbocycles. The van der Waals surface area contributed by atoms with Gasteiger partial charge in [0.1, 0.15) is 10.8 Å². The fraction of sp³-hybridized carbons (Fsp3) is 0.556. The lowest BCUT2D eigenvalue weighted by Gasteiger charge is -2.07. The van der Waals surface area contributed by atoms with Crippen molar-refractivity contribution < 1.29 is 17.9 Å². The molecule has 0 unspecified atom stereocenters. The molecule has 0 atom stereocenters. The first-order chi connectivity index (χ1) is 7.93. The summed E-state index contributed by atoms with van der Waals surface area (Å²) in [6, 6.07) is 1.33. The van der Waals surface area contributed by atoms with Gasteiger partial charge in [-0.3, -0.25) is 0 Å². The van der Waals surface area contributed by atoms with Crippen molar-refractivity contribution in [2.75, 3.05) is 25.2 Å². The number of rotatable bonds is 5. The normalized spacial score (nSPS) is 11.8. The number of thioether (sulfide) groups is 1. The van der Waals surface area contributed by atoms with Crippen molar-refractivity contribution in [2.24, 2.45) is 0 Å². The van der Waals surface area contributed by atoms with Crippen molar-refractivity contribution >= 4 is 17.6 Å². The van der Waals surface area contributed by atoms with Gasteiger partial charge < -0.3 is 10.5 Å². The molecule has 0 aliphatic heterocycles. The average Bonchev–Trinajstić information content (AvgIpc) is 2.22. The third kappa shape index (κ3) is 4.78. The molecule has 0 aromatic carbocycles. The minimum atomic E-state index is -4.57. The largest absolute Gasteiger partial charge is 0.451 e. The van der Waals surface area contributed by atoms with Gasteiger partial charge in [0, 0.05) is 25.5 Å². The highest BCUT2D eigenvalue weighted by molar-refractivity contribution is 7.99. The Morgan fingerprint density at radius 2 is 2.12 bits per heavy atom. The predicted octanol–water partition coefficient (Wildman–Crippen LogP) is 2.21. The summed E-state index contributed by atoms with van der Waals surface area (Å²) < 4.78 is 42.0. The topological polar surface area (TPSA) is 61.0 Å². The maximum Gasteiger partial charge on any atom is 0.451 e. The van der Waals surface area contributed by atoms with Crippen LogP contribution in [0.15, 0.2) is 11.1 Å². The van der Waals surface area contributed by atoms with Gasteiger partial charge in [-0.15, -0.1) is 11.8 Å². The molecule has 96 valence electrons. The van der Waals surface area contributed by atoms with Crippen LogP contribution in [0.3, 0.4) is 0 Å². The number of anilines is 1. The second-order valence-corrected chi connectivity index (χ2v) is 4.26. The summed E-state index contributed by atoms with van der Waals surface area (Å²) in [6.45, 7) is 0.555. The van der Waals surface area contributed by atoms with E-state index in [-0.39, 0.29) is 10.8 Å². The number of nitrogens with two attached hydrogens (primary N) is 1. The third-order valence-corrected chi connectivity index (χ3v) is 2.72. The maximum atomic E-state index is 12.4. The zero-order valence-electron chi connectivity index (χ0n) is 9.12. The van der Waals surface area contributed by atoms with Gasteiger partial charge >= 0.3 is 6.18 Å². The smallest absolute Gasteiger partial charge is 0.385 e. The number of alkyl halides is 3. The number of hydrogen-bond donors (Lipinski definition) is 1. The summed E-state index contributed by atoms with van der Waals surface area (Å²) in [5.41, 5.74) is 5.30. The zero-order chi connectivity index (χ0) is 12.9. The highest BCUT2D eigenvalue weighted by Gasteiger charge is 2.35. The van der Waals surface area contributed by atoms with Crippen LogP contribution in [0.4, 0.5) is 19.0 Å². The molecule has 0 aliphatic rings. The Hall–Kier alpha value is -1.02. The van der Waals surface area contributed by atoms with E-state index >= 15 is 0 Å². The van der Waals surface area contributed by atoms with Gasteiger partial charge in [-0.05, 0) is 6.42 Å². The molecule has 0 spiro atoms. The highest BCUT2D eigenvalue weighted by atomic mass is 32.2. The first kappa shape index (κ1) is 14.0. The van der Waals surface area contributed by atoms with Gasteiger partial charge in [0.15, 0.2) is 0 Å². The Bertz CT molecular complexity index is 373. The molecule has 4 nitrogen and oxygen atoms in total. The van der Waals surface area contributed by atoms with Gasteiger partial charge in [-0.1, -0.05) is 0 Å². The van der Waals surface area contributed by atoms with Crippen molar-refractivity contribution in [2.45, 2.75) is 17.6 Å². The molecule has 1 aromatic rings. The molecular formula is C9H12F3N3OS. The lowest BCUT2D eigenvalue weighted by Crippen LogP contribution is -2.12. The molecule has 1 aromatic heterocycles. The van der Waals surface area contributed by atoms with Crippen LogP contribution in [0.25, 0.3) is 0 Å². The lowest BCUT2D eigenvalue weighted by molar-refractivity contribution is -0.145. The van der Waals surface area contributed by atoms with E-state index in [1.54, 1.807) is 7.11 Å². The molecule has 1 rings (SSSR count). The van der Waals surface area contributed by atoms with Crippen LogP contribution in [0.2, 0.25) is 0 Å². The van der Waals surface area contributed by atoms with Crippen molar-refractivity contribution in [3.8, 4) is 0 Å². The molecule has 0 amide bonds. The lowest BCUT2D eigenvalue weighted by atomic mass is 10.5. The first-order valence-corrected chi connectivity index (χ1v) is 5.75. The highest BCUT2D eigenvalue weighted by Crippen LogP contribution is 2.29. The summed E-state index contributed by atoms with van der Waals surface area (Å²) in [4.78, 5) is 6.56. The molecule has 0 fully saturated rings. The van der Waals surface area contributed by atoms with Gasteiger partial charge in [-0.25, -0.2) is 9.97 Å². The molecule has 0 saturated carbocycles. The quantitative estimate of drug-likeness (QED) is 0.503. The van der Waals surface area contributed by atoms with Gasteiger partial charge in [-0.2, -0.15) is 13.2 Å². The van der Waals surface area contributed by atoms with Gasteiger partial charge in [0.2, 0.25) is 5.82 Å². The Kier molecular flexibility index (Phi) is 5.01. The standard InChI is InChI=1S/C9H12F3N3OS/c1-16-3-2-4-17-7-5-6(13)14-8(15-7)9(10,11)12/h5H,2-4H2,1H3,(H2,13,14,15).